The summed E-state index contributed by atoms with van der Waals surface area (Å²) < 4.78 is 10.8. The van der Waals surface area contributed by atoms with Gasteiger partial charge in [-0.1, -0.05) is 39.0 Å². The van der Waals surface area contributed by atoms with Crippen LogP contribution in [0.4, 0.5) is 5.88 Å². The Balaban J connectivity index is 2.13. The lowest BCUT2D eigenvalue weighted by molar-refractivity contribution is -0.402. The molecule has 0 unspecified atom stereocenters. The predicted octanol–water partition coefficient (Wildman–Crippen LogP) is 4.06. The lowest BCUT2D eigenvalue weighted by atomic mass is 9.86. The molecule has 1 heterocycles. The Kier molecular flexibility index (Phi) is 3.79. The summed E-state index contributed by atoms with van der Waals surface area (Å²) >= 11 is 0. The normalized spacial score (nSPS) is 11.3. The van der Waals surface area contributed by atoms with E-state index in [-0.39, 0.29) is 17.9 Å². The molecule has 0 aliphatic heterocycles. The van der Waals surface area contributed by atoms with E-state index in [0.29, 0.717) is 5.76 Å². The highest BCUT2D eigenvalue weighted by Crippen LogP contribution is 2.31. The van der Waals surface area contributed by atoms with Crippen molar-refractivity contribution in [2.24, 2.45) is 0 Å². The predicted molar refractivity (Wildman–Crippen MR) is 74.8 cm³/mol. The van der Waals surface area contributed by atoms with Crippen LogP contribution in [0.25, 0.3) is 0 Å². The second-order valence-electron chi connectivity index (χ2n) is 5.53. The zero-order valence-corrected chi connectivity index (χ0v) is 11.8. The first-order chi connectivity index (χ1) is 9.38. The molecule has 1 aromatic heterocycles. The van der Waals surface area contributed by atoms with Gasteiger partial charge in [0.05, 0.1) is 6.07 Å². The molecule has 0 aliphatic carbocycles. The van der Waals surface area contributed by atoms with Crippen molar-refractivity contribution in [2.75, 3.05) is 0 Å². The monoisotopic (exact) mass is 275 g/mol. The number of rotatable bonds is 4. The van der Waals surface area contributed by atoms with Crippen molar-refractivity contribution in [1.29, 1.82) is 0 Å². The van der Waals surface area contributed by atoms with Crippen LogP contribution in [0.15, 0.2) is 40.8 Å². The van der Waals surface area contributed by atoms with Crippen LogP contribution in [0.5, 0.6) is 5.75 Å². The van der Waals surface area contributed by atoms with Crippen LogP contribution in [0.1, 0.15) is 32.1 Å². The van der Waals surface area contributed by atoms with Crippen molar-refractivity contribution in [2.45, 2.75) is 32.8 Å². The zero-order valence-electron chi connectivity index (χ0n) is 11.8. The van der Waals surface area contributed by atoms with E-state index in [2.05, 4.69) is 20.8 Å². The highest BCUT2D eigenvalue weighted by molar-refractivity contribution is 5.38. The molecule has 5 nitrogen and oxygen atoms in total. The van der Waals surface area contributed by atoms with E-state index in [1.54, 1.807) is 6.07 Å². The molecule has 0 spiro atoms. The molecule has 0 amide bonds. The third kappa shape index (κ3) is 3.17. The number of para-hydroxylation sites is 1. The fourth-order valence-corrected chi connectivity index (χ4v) is 1.90. The summed E-state index contributed by atoms with van der Waals surface area (Å²) in [5.41, 5.74) is 1.05. The molecular formula is C15H17NO4. The third-order valence-corrected chi connectivity index (χ3v) is 2.89. The van der Waals surface area contributed by atoms with Gasteiger partial charge in [-0.25, -0.2) is 0 Å². The van der Waals surface area contributed by atoms with Gasteiger partial charge in [0, 0.05) is 0 Å². The van der Waals surface area contributed by atoms with Crippen LogP contribution in [-0.2, 0) is 12.0 Å². The van der Waals surface area contributed by atoms with Crippen LogP contribution in [0.2, 0.25) is 0 Å². The maximum Gasteiger partial charge on any atom is 0.433 e. The lowest BCUT2D eigenvalue weighted by Crippen LogP contribution is -2.13. The topological polar surface area (TPSA) is 65.5 Å². The highest BCUT2D eigenvalue weighted by Gasteiger charge is 2.19. The maximum absolute atomic E-state index is 10.5. The van der Waals surface area contributed by atoms with Gasteiger partial charge in [-0.3, -0.25) is 10.1 Å². The molecule has 0 saturated heterocycles. The van der Waals surface area contributed by atoms with Gasteiger partial charge in [0.1, 0.15) is 23.0 Å². The molecule has 0 fully saturated rings. The number of benzene rings is 1. The maximum atomic E-state index is 10.5. The molecule has 0 radical (unpaired) electrons. The molecule has 5 heteroatoms. The van der Waals surface area contributed by atoms with E-state index >= 15 is 0 Å². The Labute approximate surface area is 117 Å². The van der Waals surface area contributed by atoms with Gasteiger partial charge in [0.2, 0.25) is 0 Å². The van der Waals surface area contributed by atoms with Crippen LogP contribution in [0.3, 0.4) is 0 Å². The summed E-state index contributed by atoms with van der Waals surface area (Å²) in [5.74, 6) is 0.923. The molecule has 2 rings (SSSR count). The molecular weight excluding hydrogens is 258 g/mol. The van der Waals surface area contributed by atoms with Crippen LogP contribution >= 0.6 is 0 Å². The Morgan fingerprint density at radius 2 is 1.90 bits per heavy atom. The van der Waals surface area contributed by atoms with Gasteiger partial charge in [0.15, 0.2) is 0 Å². The largest absolute Gasteiger partial charge is 0.485 e. The van der Waals surface area contributed by atoms with Gasteiger partial charge in [-0.15, -0.1) is 0 Å². The number of hydrogen-bond acceptors (Lipinski definition) is 4. The zero-order chi connectivity index (χ0) is 14.8. The van der Waals surface area contributed by atoms with Crippen molar-refractivity contribution >= 4 is 5.88 Å². The summed E-state index contributed by atoms with van der Waals surface area (Å²) in [6, 6.07) is 10.6. The second-order valence-corrected chi connectivity index (χ2v) is 5.53. The van der Waals surface area contributed by atoms with Crippen molar-refractivity contribution in [1.82, 2.24) is 0 Å². The fourth-order valence-electron chi connectivity index (χ4n) is 1.90. The summed E-state index contributed by atoms with van der Waals surface area (Å²) in [6.07, 6.45) is 0. The Morgan fingerprint density at radius 3 is 2.50 bits per heavy atom. The molecule has 20 heavy (non-hydrogen) atoms. The Morgan fingerprint density at radius 1 is 1.20 bits per heavy atom. The molecule has 1 aromatic carbocycles. The molecule has 0 N–H and O–H groups in total. The van der Waals surface area contributed by atoms with Crippen molar-refractivity contribution in [3.8, 4) is 5.75 Å². The first-order valence-electron chi connectivity index (χ1n) is 6.33. The Bertz CT molecular complexity index is 610. The summed E-state index contributed by atoms with van der Waals surface area (Å²) in [5, 5.41) is 10.5. The van der Waals surface area contributed by atoms with E-state index in [0.717, 1.165) is 11.3 Å². The van der Waals surface area contributed by atoms with Crippen molar-refractivity contribution in [3.05, 3.63) is 57.8 Å². The van der Waals surface area contributed by atoms with Crippen LogP contribution in [-0.4, -0.2) is 4.92 Å². The molecule has 0 saturated carbocycles. The molecule has 2 aromatic rings. The van der Waals surface area contributed by atoms with Crippen molar-refractivity contribution < 1.29 is 14.1 Å². The fraction of sp³-hybridized carbons (Fsp3) is 0.333. The van der Waals surface area contributed by atoms with Crippen molar-refractivity contribution in [3.63, 3.8) is 0 Å². The van der Waals surface area contributed by atoms with Crippen LogP contribution in [0, 0.1) is 10.1 Å². The number of nitro groups is 1. The number of hydrogen-bond donors (Lipinski definition) is 0. The average molecular weight is 275 g/mol. The minimum absolute atomic E-state index is 0.0360. The summed E-state index contributed by atoms with van der Waals surface area (Å²) in [6.45, 7) is 6.48. The Hall–Kier alpha value is -2.30. The van der Waals surface area contributed by atoms with Gasteiger partial charge in [-0.2, -0.15) is 0 Å². The number of furan rings is 1. The standard InChI is InChI=1S/C15H17NO4/c1-15(2,3)12-6-4-5-7-13(12)19-10-11-8-9-14(20-11)16(17)18/h4-9H,10H2,1-3H3. The van der Waals surface area contributed by atoms with E-state index in [1.165, 1.54) is 6.07 Å². The summed E-state index contributed by atoms with van der Waals surface area (Å²) in [7, 11) is 0. The molecule has 0 bridgehead atoms. The number of ether oxygens (including phenoxy) is 1. The summed E-state index contributed by atoms with van der Waals surface area (Å²) in [4.78, 5) is 9.98. The SMILES string of the molecule is CC(C)(C)c1ccccc1OCc1ccc([N+](=O)[O-])o1. The first-order valence-corrected chi connectivity index (χ1v) is 6.33. The van der Waals surface area contributed by atoms with E-state index in [1.807, 2.05) is 24.3 Å². The third-order valence-electron chi connectivity index (χ3n) is 2.89. The first kappa shape index (κ1) is 14.1. The molecule has 0 aliphatic rings. The quantitative estimate of drug-likeness (QED) is 0.623. The smallest absolute Gasteiger partial charge is 0.433 e. The van der Waals surface area contributed by atoms with E-state index in [9.17, 15) is 10.1 Å². The van der Waals surface area contributed by atoms with Gasteiger partial charge in [0.25, 0.3) is 0 Å². The second kappa shape index (κ2) is 5.36. The van der Waals surface area contributed by atoms with E-state index in [4.69, 9.17) is 9.15 Å². The van der Waals surface area contributed by atoms with E-state index < -0.39 is 4.92 Å². The van der Waals surface area contributed by atoms with Crippen LogP contribution < -0.4 is 4.74 Å². The van der Waals surface area contributed by atoms with Gasteiger partial charge < -0.3 is 9.15 Å². The van der Waals surface area contributed by atoms with Gasteiger partial charge >= 0.3 is 5.88 Å². The van der Waals surface area contributed by atoms with Gasteiger partial charge in [-0.05, 0) is 23.1 Å². The average Bonchev–Trinajstić information content (AvgIpc) is 2.84. The lowest BCUT2D eigenvalue weighted by Gasteiger charge is -2.22. The highest BCUT2D eigenvalue weighted by atomic mass is 16.6. The minimum atomic E-state index is -0.563. The molecule has 0 atom stereocenters. The molecule has 106 valence electrons. The minimum Gasteiger partial charge on any atom is -0.485 e. The number of nitrogens with zero attached hydrogens (tertiary/aromatic N) is 1.